The van der Waals surface area contributed by atoms with Crippen LogP contribution in [0.25, 0.3) is 0 Å². The van der Waals surface area contributed by atoms with E-state index in [9.17, 15) is 4.39 Å². The molecule has 6 nitrogen and oxygen atoms in total. The Morgan fingerprint density at radius 3 is 2.38 bits per heavy atom. The molecule has 0 atom stereocenters. The molecule has 2 aliphatic carbocycles. The predicted molar refractivity (Wildman–Crippen MR) is 90.3 cm³/mol. The Morgan fingerprint density at radius 1 is 0.958 bits per heavy atom. The smallest absolute Gasteiger partial charge is 0.205 e. The van der Waals surface area contributed by atoms with Crippen LogP contribution in [-0.2, 0) is 0 Å². The van der Waals surface area contributed by atoms with Crippen molar-refractivity contribution in [1.82, 2.24) is 19.3 Å². The molecular weight excluding hydrogens is 327 g/mol. The van der Waals surface area contributed by atoms with Crippen LogP contribution in [0.5, 0.6) is 0 Å². The van der Waals surface area contributed by atoms with Gasteiger partial charge in [-0.25, -0.2) is 19.3 Å². The first kappa shape index (κ1) is 14.5. The summed E-state index contributed by atoms with van der Waals surface area (Å²) in [7, 11) is 0. The molecule has 1 saturated heterocycles. The summed E-state index contributed by atoms with van der Waals surface area (Å²) in [6, 6.07) is 0. The summed E-state index contributed by atoms with van der Waals surface area (Å²) < 4.78 is 19.1. The minimum atomic E-state index is -0.222. The molecule has 3 aliphatic rings. The van der Waals surface area contributed by atoms with Gasteiger partial charge in [-0.2, -0.15) is 4.37 Å². The van der Waals surface area contributed by atoms with E-state index in [1.54, 1.807) is 0 Å². The highest BCUT2D eigenvalue weighted by atomic mass is 32.1. The fraction of sp³-hybridized carbons (Fsp3) is 0.625. The molecule has 2 aromatic rings. The Kier molecular flexibility index (Phi) is 3.39. The normalized spacial score (nSPS) is 21.4. The highest BCUT2D eigenvalue weighted by molar-refractivity contribution is 7.09. The second-order valence-electron chi connectivity index (χ2n) is 6.85. The van der Waals surface area contributed by atoms with Crippen LogP contribution in [0.3, 0.4) is 0 Å². The maximum Gasteiger partial charge on any atom is 0.205 e. The van der Waals surface area contributed by atoms with E-state index < -0.39 is 0 Å². The highest BCUT2D eigenvalue weighted by Crippen LogP contribution is 2.41. The Morgan fingerprint density at radius 2 is 1.67 bits per heavy atom. The minimum absolute atomic E-state index is 0.222. The predicted octanol–water partition coefficient (Wildman–Crippen LogP) is 2.55. The van der Waals surface area contributed by atoms with Crippen molar-refractivity contribution in [3.63, 3.8) is 0 Å². The largest absolute Gasteiger partial charge is 0.351 e. The van der Waals surface area contributed by atoms with Gasteiger partial charge in [-0.05, 0) is 25.7 Å². The van der Waals surface area contributed by atoms with Crippen molar-refractivity contribution in [2.75, 3.05) is 36.0 Å². The van der Waals surface area contributed by atoms with Crippen LogP contribution in [0.2, 0.25) is 0 Å². The van der Waals surface area contributed by atoms with Gasteiger partial charge in [0.05, 0.1) is 5.69 Å². The van der Waals surface area contributed by atoms with Crippen molar-refractivity contribution in [1.29, 1.82) is 0 Å². The Bertz CT molecular complexity index is 749. The molecule has 2 aromatic heterocycles. The molecule has 0 amide bonds. The summed E-state index contributed by atoms with van der Waals surface area (Å²) in [4.78, 5) is 17.3. The lowest BCUT2D eigenvalue weighted by molar-refractivity contribution is 0.567. The monoisotopic (exact) mass is 346 g/mol. The molecule has 5 rings (SSSR count). The van der Waals surface area contributed by atoms with Crippen LogP contribution in [0, 0.1) is 5.82 Å². The second-order valence-corrected chi connectivity index (χ2v) is 7.58. The lowest BCUT2D eigenvalue weighted by Gasteiger charge is -2.35. The van der Waals surface area contributed by atoms with E-state index in [1.165, 1.54) is 30.7 Å². The van der Waals surface area contributed by atoms with E-state index in [1.807, 2.05) is 4.90 Å². The number of hydrogen-bond donors (Lipinski definition) is 0. The number of hydrogen-bond acceptors (Lipinski definition) is 7. The number of nitrogens with zero attached hydrogens (tertiary/aromatic N) is 6. The minimum Gasteiger partial charge on any atom is -0.351 e. The summed E-state index contributed by atoms with van der Waals surface area (Å²) in [5.41, 5.74) is 0.598. The third-order valence-corrected chi connectivity index (χ3v) is 5.78. The standard InChI is InChI=1S/C16H19FN6S/c17-12-13(10-1-2-10)18-9-19-15(12)22-5-7-23(8-6-22)16-20-14(21-24-16)11-3-4-11/h9-11H,1-8H2. The van der Waals surface area contributed by atoms with Gasteiger partial charge in [0.1, 0.15) is 12.2 Å². The summed E-state index contributed by atoms with van der Waals surface area (Å²) in [5.74, 6) is 2.14. The molecule has 0 aromatic carbocycles. The Labute approximate surface area is 143 Å². The molecule has 0 bridgehead atoms. The highest BCUT2D eigenvalue weighted by Gasteiger charge is 2.32. The van der Waals surface area contributed by atoms with E-state index >= 15 is 0 Å². The van der Waals surface area contributed by atoms with Gasteiger partial charge in [0.2, 0.25) is 5.13 Å². The molecule has 2 saturated carbocycles. The van der Waals surface area contributed by atoms with Gasteiger partial charge in [0.25, 0.3) is 0 Å². The molecule has 8 heteroatoms. The maximum atomic E-state index is 14.7. The van der Waals surface area contributed by atoms with Crippen LogP contribution in [0.15, 0.2) is 6.33 Å². The molecule has 24 heavy (non-hydrogen) atoms. The van der Waals surface area contributed by atoms with Gasteiger partial charge in [0, 0.05) is 49.5 Å². The lowest BCUT2D eigenvalue weighted by Crippen LogP contribution is -2.47. The molecule has 3 heterocycles. The van der Waals surface area contributed by atoms with Gasteiger partial charge in [-0.15, -0.1) is 0 Å². The molecule has 126 valence electrons. The number of halogens is 1. The van der Waals surface area contributed by atoms with E-state index in [4.69, 9.17) is 0 Å². The first-order chi connectivity index (χ1) is 11.8. The summed E-state index contributed by atoms with van der Waals surface area (Å²) in [6.45, 7) is 3.13. The van der Waals surface area contributed by atoms with Crippen LogP contribution < -0.4 is 9.80 Å². The Balaban J connectivity index is 1.28. The molecule has 3 fully saturated rings. The number of rotatable bonds is 4. The molecule has 1 aliphatic heterocycles. The van der Waals surface area contributed by atoms with Gasteiger partial charge >= 0.3 is 0 Å². The fourth-order valence-corrected chi connectivity index (χ4v) is 4.00. The maximum absolute atomic E-state index is 14.7. The van der Waals surface area contributed by atoms with Crippen molar-refractivity contribution in [2.24, 2.45) is 0 Å². The van der Waals surface area contributed by atoms with Crippen molar-refractivity contribution in [3.05, 3.63) is 23.7 Å². The Hall–Kier alpha value is -1.83. The van der Waals surface area contributed by atoms with Gasteiger partial charge < -0.3 is 9.80 Å². The van der Waals surface area contributed by atoms with Gasteiger partial charge in [-0.3, -0.25) is 0 Å². The number of piperazine rings is 1. The number of anilines is 2. The molecular formula is C16H19FN6S. The van der Waals surface area contributed by atoms with E-state index in [0.29, 0.717) is 23.3 Å². The third kappa shape index (κ3) is 2.62. The summed E-state index contributed by atoms with van der Waals surface area (Å²) in [5, 5.41) is 0.998. The average Bonchev–Trinajstić information content (AvgIpc) is 3.54. The van der Waals surface area contributed by atoms with E-state index in [-0.39, 0.29) is 5.82 Å². The van der Waals surface area contributed by atoms with Crippen molar-refractivity contribution in [3.8, 4) is 0 Å². The molecule has 0 radical (unpaired) electrons. The summed E-state index contributed by atoms with van der Waals surface area (Å²) >= 11 is 1.49. The SMILES string of the molecule is Fc1c(C2CC2)ncnc1N1CCN(c2nc(C3CC3)ns2)CC1. The summed E-state index contributed by atoms with van der Waals surface area (Å²) in [6.07, 6.45) is 6.04. The first-order valence-corrected chi connectivity index (χ1v) is 9.41. The molecule has 0 unspecified atom stereocenters. The first-order valence-electron chi connectivity index (χ1n) is 8.63. The number of aromatic nitrogens is 4. The van der Waals surface area contributed by atoms with Crippen molar-refractivity contribution < 1.29 is 4.39 Å². The lowest BCUT2D eigenvalue weighted by atomic mass is 10.2. The van der Waals surface area contributed by atoms with Crippen LogP contribution >= 0.6 is 11.5 Å². The molecule has 0 spiro atoms. The van der Waals surface area contributed by atoms with Crippen molar-refractivity contribution in [2.45, 2.75) is 37.5 Å². The van der Waals surface area contributed by atoms with E-state index in [2.05, 4.69) is 24.2 Å². The molecule has 0 N–H and O–H groups in total. The van der Waals surface area contributed by atoms with Crippen LogP contribution in [-0.4, -0.2) is 45.5 Å². The van der Waals surface area contributed by atoms with Gasteiger partial charge in [-0.1, -0.05) is 0 Å². The van der Waals surface area contributed by atoms with E-state index in [0.717, 1.165) is 50.0 Å². The third-order valence-electron chi connectivity index (χ3n) is 4.99. The average molecular weight is 346 g/mol. The zero-order valence-electron chi connectivity index (χ0n) is 13.4. The fourth-order valence-electron chi connectivity index (χ4n) is 3.21. The zero-order valence-corrected chi connectivity index (χ0v) is 14.2. The van der Waals surface area contributed by atoms with Crippen LogP contribution in [0.4, 0.5) is 15.3 Å². The quantitative estimate of drug-likeness (QED) is 0.848. The van der Waals surface area contributed by atoms with Crippen molar-refractivity contribution >= 4 is 22.5 Å². The zero-order chi connectivity index (χ0) is 16.1. The van der Waals surface area contributed by atoms with Gasteiger partial charge in [0.15, 0.2) is 11.6 Å². The second kappa shape index (κ2) is 5.61. The van der Waals surface area contributed by atoms with Crippen LogP contribution in [0.1, 0.15) is 49.0 Å². The topological polar surface area (TPSA) is 58.0 Å².